The van der Waals surface area contributed by atoms with Gasteiger partial charge in [-0.25, -0.2) is 0 Å². The predicted molar refractivity (Wildman–Crippen MR) is 63.0 cm³/mol. The van der Waals surface area contributed by atoms with Gasteiger partial charge in [-0.1, -0.05) is 12.1 Å². The maximum Gasteiger partial charge on any atom is 0.150 e. The molecule has 1 fully saturated rings. The zero-order valence-corrected chi connectivity index (χ0v) is 9.98. The molecule has 1 aliphatic heterocycles. The van der Waals surface area contributed by atoms with Crippen LogP contribution in [0, 0.1) is 5.92 Å². The number of likely N-dealkylation sites (tertiary alicyclic amines) is 1. The highest BCUT2D eigenvalue weighted by atomic mass is 16.5. The molecule has 0 radical (unpaired) electrons. The van der Waals surface area contributed by atoms with Crippen LogP contribution in [0.1, 0.15) is 25.5 Å². The molecule has 1 aliphatic rings. The molecule has 1 N–H and O–H groups in total. The highest BCUT2D eigenvalue weighted by Gasteiger charge is 2.20. The lowest BCUT2D eigenvalue weighted by atomic mass is 9.98. The fourth-order valence-electron chi connectivity index (χ4n) is 2.35. The molecular weight excluding hydrogens is 202 g/mol. The minimum atomic E-state index is 0.789. The summed E-state index contributed by atoms with van der Waals surface area (Å²) >= 11 is 0. The van der Waals surface area contributed by atoms with Gasteiger partial charge in [0.1, 0.15) is 0 Å². The van der Waals surface area contributed by atoms with Gasteiger partial charge in [-0.2, -0.15) is 0 Å². The molecule has 0 bridgehead atoms. The average Bonchev–Trinajstić information content (AvgIpc) is 2.80. The van der Waals surface area contributed by atoms with Crippen molar-refractivity contribution in [3.05, 3.63) is 18.0 Å². The van der Waals surface area contributed by atoms with E-state index in [9.17, 15) is 0 Å². The van der Waals surface area contributed by atoms with Crippen LogP contribution in [-0.4, -0.2) is 36.2 Å². The number of nitrogens with zero attached hydrogens (tertiary/aromatic N) is 2. The third kappa shape index (κ3) is 3.32. The number of nitrogens with one attached hydrogen (secondary N) is 1. The van der Waals surface area contributed by atoms with Crippen molar-refractivity contribution in [3.8, 4) is 0 Å². The first-order chi connectivity index (χ1) is 7.88. The van der Waals surface area contributed by atoms with Crippen molar-refractivity contribution in [2.75, 3.05) is 26.2 Å². The lowest BCUT2D eigenvalue weighted by Gasteiger charge is -2.32. The van der Waals surface area contributed by atoms with Crippen LogP contribution in [-0.2, 0) is 6.54 Å². The molecule has 4 heteroatoms. The van der Waals surface area contributed by atoms with Crippen LogP contribution in [0.4, 0.5) is 0 Å². The lowest BCUT2D eigenvalue weighted by Crippen LogP contribution is -2.39. The van der Waals surface area contributed by atoms with Gasteiger partial charge < -0.3 is 9.84 Å². The van der Waals surface area contributed by atoms with Gasteiger partial charge in [0, 0.05) is 12.6 Å². The van der Waals surface area contributed by atoms with Gasteiger partial charge in [-0.15, -0.1) is 0 Å². The molecule has 1 saturated heterocycles. The standard InChI is InChI=1S/C12H21N3O/c1-2-13-8-11-4-3-7-15(9-11)10-12-5-6-14-16-12/h5-6,11,13H,2-4,7-10H2,1H3. The van der Waals surface area contributed by atoms with E-state index >= 15 is 0 Å². The Morgan fingerprint density at radius 1 is 1.62 bits per heavy atom. The Balaban J connectivity index is 1.77. The Bertz CT molecular complexity index is 286. The van der Waals surface area contributed by atoms with Crippen molar-refractivity contribution in [2.45, 2.75) is 26.3 Å². The molecule has 90 valence electrons. The third-order valence-electron chi connectivity index (χ3n) is 3.16. The molecule has 0 amide bonds. The number of piperidine rings is 1. The van der Waals surface area contributed by atoms with E-state index in [1.165, 1.54) is 25.9 Å². The van der Waals surface area contributed by atoms with Crippen molar-refractivity contribution in [1.82, 2.24) is 15.4 Å². The normalized spacial score (nSPS) is 22.4. The quantitative estimate of drug-likeness (QED) is 0.821. The number of hydrogen-bond acceptors (Lipinski definition) is 4. The Morgan fingerprint density at radius 2 is 2.56 bits per heavy atom. The van der Waals surface area contributed by atoms with Crippen molar-refractivity contribution >= 4 is 0 Å². The molecule has 2 rings (SSSR count). The molecule has 1 atom stereocenters. The second-order valence-electron chi connectivity index (χ2n) is 4.53. The Hall–Kier alpha value is -0.870. The largest absolute Gasteiger partial charge is 0.360 e. The molecule has 0 saturated carbocycles. The molecule has 1 aromatic heterocycles. The summed E-state index contributed by atoms with van der Waals surface area (Å²) in [7, 11) is 0. The summed E-state index contributed by atoms with van der Waals surface area (Å²) in [5.41, 5.74) is 0. The molecular formula is C12H21N3O. The highest BCUT2D eigenvalue weighted by molar-refractivity contribution is 4.93. The van der Waals surface area contributed by atoms with Gasteiger partial charge in [-0.3, -0.25) is 4.90 Å². The van der Waals surface area contributed by atoms with E-state index in [4.69, 9.17) is 4.52 Å². The zero-order valence-electron chi connectivity index (χ0n) is 9.98. The minimum Gasteiger partial charge on any atom is -0.360 e. The van der Waals surface area contributed by atoms with Crippen molar-refractivity contribution in [1.29, 1.82) is 0 Å². The van der Waals surface area contributed by atoms with Crippen molar-refractivity contribution in [3.63, 3.8) is 0 Å². The summed E-state index contributed by atoms with van der Waals surface area (Å²) in [6.07, 6.45) is 4.36. The van der Waals surface area contributed by atoms with E-state index in [0.29, 0.717) is 0 Å². The van der Waals surface area contributed by atoms with Crippen LogP contribution in [0.25, 0.3) is 0 Å². The van der Waals surface area contributed by atoms with Gasteiger partial charge >= 0.3 is 0 Å². The predicted octanol–water partition coefficient (Wildman–Crippen LogP) is 1.50. The average molecular weight is 223 g/mol. The Labute approximate surface area is 97.0 Å². The van der Waals surface area contributed by atoms with Gasteiger partial charge in [0.2, 0.25) is 0 Å². The topological polar surface area (TPSA) is 41.3 Å². The van der Waals surface area contributed by atoms with E-state index in [2.05, 4.69) is 22.3 Å². The number of aromatic nitrogens is 1. The van der Waals surface area contributed by atoms with Crippen LogP contribution < -0.4 is 5.32 Å². The SMILES string of the molecule is CCNCC1CCCN(Cc2ccno2)C1. The molecule has 16 heavy (non-hydrogen) atoms. The second-order valence-corrected chi connectivity index (χ2v) is 4.53. The molecule has 0 aromatic carbocycles. The van der Waals surface area contributed by atoms with Gasteiger partial charge in [-0.05, 0) is 38.4 Å². The number of rotatable bonds is 5. The molecule has 1 unspecified atom stereocenters. The molecule has 1 aromatic rings. The summed E-state index contributed by atoms with van der Waals surface area (Å²) in [5, 5.41) is 7.18. The number of hydrogen-bond donors (Lipinski definition) is 1. The summed E-state index contributed by atoms with van der Waals surface area (Å²) in [6.45, 7) is 7.64. The molecule has 4 nitrogen and oxygen atoms in total. The fraction of sp³-hybridized carbons (Fsp3) is 0.750. The highest BCUT2D eigenvalue weighted by Crippen LogP contribution is 2.17. The summed E-state index contributed by atoms with van der Waals surface area (Å²) in [6, 6.07) is 1.95. The maximum atomic E-state index is 5.15. The van der Waals surface area contributed by atoms with Crippen LogP contribution in [0.3, 0.4) is 0 Å². The van der Waals surface area contributed by atoms with Crippen LogP contribution in [0.15, 0.2) is 16.8 Å². The van der Waals surface area contributed by atoms with Crippen molar-refractivity contribution in [2.24, 2.45) is 5.92 Å². The van der Waals surface area contributed by atoms with E-state index in [1.807, 2.05) is 6.07 Å². The third-order valence-corrected chi connectivity index (χ3v) is 3.16. The van der Waals surface area contributed by atoms with E-state index in [1.54, 1.807) is 6.20 Å². The van der Waals surface area contributed by atoms with Gasteiger partial charge in [0.25, 0.3) is 0 Å². The van der Waals surface area contributed by atoms with Gasteiger partial charge in [0.15, 0.2) is 5.76 Å². The first-order valence-electron chi connectivity index (χ1n) is 6.21. The first-order valence-corrected chi connectivity index (χ1v) is 6.21. The summed E-state index contributed by atoms with van der Waals surface area (Å²) < 4.78 is 5.15. The first kappa shape index (κ1) is 11.6. The molecule has 0 aliphatic carbocycles. The fourth-order valence-corrected chi connectivity index (χ4v) is 2.35. The summed E-state index contributed by atoms with van der Waals surface area (Å²) in [4.78, 5) is 2.46. The van der Waals surface area contributed by atoms with Crippen LogP contribution >= 0.6 is 0 Å². The van der Waals surface area contributed by atoms with Crippen LogP contribution in [0.5, 0.6) is 0 Å². The zero-order chi connectivity index (χ0) is 11.2. The van der Waals surface area contributed by atoms with E-state index in [-0.39, 0.29) is 0 Å². The van der Waals surface area contributed by atoms with E-state index in [0.717, 1.165) is 31.3 Å². The summed E-state index contributed by atoms with van der Waals surface area (Å²) in [5.74, 6) is 1.76. The second kappa shape index (κ2) is 6.01. The lowest BCUT2D eigenvalue weighted by molar-refractivity contribution is 0.151. The van der Waals surface area contributed by atoms with Gasteiger partial charge in [0.05, 0.1) is 12.7 Å². The monoisotopic (exact) mass is 223 g/mol. The Morgan fingerprint density at radius 3 is 3.31 bits per heavy atom. The molecule has 0 spiro atoms. The van der Waals surface area contributed by atoms with Crippen LogP contribution in [0.2, 0.25) is 0 Å². The molecule has 2 heterocycles. The minimum absolute atomic E-state index is 0.789. The van der Waals surface area contributed by atoms with Crippen molar-refractivity contribution < 1.29 is 4.52 Å². The smallest absolute Gasteiger partial charge is 0.150 e. The Kier molecular flexibility index (Phi) is 4.36. The maximum absolute atomic E-state index is 5.15. The van der Waals surface area contributed by atoms with E-state index < -0.39 is 0 Å².